The summed E-state index contributed by atoms with van der Waals surface area (Å²) in [6, 6.07) is 16.2. The standard InChI is InChI=1S/C20H18Br2N4O2/c1-23-19(27)17(10-12-3-2-4-15(22)9-12)24-20(28)18-11-16(25-26-18)13-5-7-14(21)8-6-13/h2-9,11,17H,10H2,1H3,(H,23,27)(H,24,28)(H,25,26)/t17-/m0/s1. The lowest BCUT2D eigenvalue weighted by molar-refractivity contribution is -0.122. The fourth-order valence-corrected chi connectivity index (χ4v) is 3.44. The molecule has 28 heavy (non-hydrogen) atoms. The molecule has 0 bridgehead atoms. The van der Waals surface area contributed by atoms with Crippen molar-refractivity contribution < 1.29 is 9.59 Å². The van der Waals surface area contributed by atoms with Gasteiger partial charge < -0.3 is 10.6 Å². The molecular formula is C20H18Br2N4O2. The summed E-state index contributed by atoms with van der Waals surface area (Å²) in [6.45, 7) is 0. The predicted molar refractivity (Wildman–Crippen MR) is 115 cm³/mol. The molecule has 0 spiro atoms. The van der Waals surface area contributed by atoms with Crippen LogP contribution in [0.15, 0.2) is 63.5 Å². The van der Waals surface area contributed by atoms with Gasteiger partial charge in [-0.25, -0.2) is 0 Å². The number of nitrogens with one attached hydrogen (secondary N) is 3. The van der Waals surface area contributed by atoms with Crippen molar-refractivity contribution in [2.75, 3.05) is 7.05 Å². The summed E-state index contributed by atoms with van der Waals surface area (Å²) in [5.41, 5.74) is 2.76. The van der Waals surface area contributed by atoms with Gasteiger partial charge in [0.25, 0.3) is 5.91 Å². The fraction of sp³-hybridized carbons (Fsp3) is 0.150. The lowest BCUT2D eigenvalue weighted by Gasteiger charge is -2.17. The summed E-state index contributed by atoms with van der Waals surface area (Å²) in [6.07, 6.45) is 0.374. The Balaban J connectivity index is 1.74. The van der Waals surface area contributed by atoms with E-state index in [1.807, 2.05) is 48.5 Å². The summed E-state index contributed by atoms with van der Waals surface area (Å²) in [5, 5.41) is 12.3. The summed E-state index contributed by atoms with van der Waals surface area (Å²) in [4.78, 5) is 24.9. The van der Waals surface area contributed by atoms with E-state index in [4.69, 9.17) is 0 Å². The lowest BCUT2D eigenvalue weighted by Crippen LogP contribution is -2.47. The molecule has 1 atom stereocenters. The Kier molecular flexibility index (Phi) is 6.64. The van der Waals surface area contributed by atoms with Gasteiger partial charge in [0, 0.05) is 28.0 Å². The highest BCUT2D eigenvalue weighted by atomic mass is 79.9. The first-order chi connectivity index (χ1) is 13.5. The van der Waals surface area contributed by atoms with Crippen LogP contribution in [-0.4, -0.2) is 35.1 Å². The third-order valence-corrected chi connectivity index (χ3v) is 5.18. The Hall–Kier alpha value is -2.45. The van der Waals surface area contributed by atoms with Crippen LogP contribution in [0.3, 0.4) is 0 Å². The molecule has 0 aliphatic heterocycles. The first-order valence-electron chi connectivity index (χ1n) is 8.54. The van der Waals surface area contributed by atoms with Crippen molar-refractivity contribution in [1.82, 2.24) is 20.8 Å². The van der Waals surface area contributed by atoms with Crippen LogP contribution in [-0.2, 0) is 11.2 Å². The molecule has 0 saturated carbocycles. The predicted octanol–water partition coefficient (Wildman–Crippen LogP) is 3.69. The first kappa shape index (κ1) is 20.3. The zero-order chi connectivity index (χ0) is 20.1. The maximum absolute atomic E-state index is 12.7. The van der Waals surface area contributed by atoms with Gasteiger partial charge in [0.2, 0.25) is 5.91 Å². The van der Waals surface area contributed by atoms with E-state index in [9.17, 15) is 9.59 Å². The van der Waals surface area contributed by atoms with E-state index in [0.717, 1.165) is 20.1 Å². The number of halogens is 2. The van der Waals surface area contributed by atoms with Crippen molar-refractivity contribution in [3.05, 3.63) is 74.8 Å². The Bertz CT molecular complexity index is 986. The SMILES string of the molecule is CNC(=O)[C@H](Cc1cccc(Br)c1)NC(=O)c1cc(-c2ccc(Br)cc2)n[nH]1. The molecule has 0 fully saturated rings. The summed E-state index contributed by atoms with van der Waals surface area (Å²) in [5.74, 6) is -0.652. The zero-order valence-electron chi connectivity index (χ0n) is 15.0. The van der Waals surface area contributed by atoms with Crippen LogP contribution < -0.4 is 10.6 Å². The molecule has 1 aromatic heterocycles. The highest BCUT2D eigenvalue weighted by molar-refractivity contribution is 9.10. The van der Waals surface area contributed by atoms with Crippen LogP contribution >= 0.6 is 31.9 Å². The van der Waals surface area contributed by atoms with Gasteiger partial charge >= 0.3 is 0 Å². The number of carbonyl (C=O) groups excluding carboxylic acids is 2. The second kappa shape index (κ2) is 9.16. The monoisotopic (exact) mass is 504 g/mol. The van der Waals surface area contributed by atoms with Crippen molar-refractivity contribution in [2.45, 2.75) is 12.5 Å². The fourth-order valence-electron chi connectivity index (χ4n) is 2.73. The molecular weight excluding hydrogens is 488 g/mol. The van der Waals surface area contributed by atoms with Gasteiger partial charge in [-0.15, -0.1) is 0 Å². The number of H-pyrrole nitrogens is 1. The molecule has 0 radical (unpaired) electrons. The third kappa shape index (κ3) is 5.08. The lowest BCUT2D eigenvalue weighted by atomic mass is 10.0. The van der Waals surface area contributed by atoms with Crippen molar-refractivity contribution in [3.63, 3.8) is 0 Å². The minimum absolute atomic E-state index is 0.263. The Labute approximate surface area is 179 Å². The average Bonchev–Trinajstić information content (AvgIpc) is 3.18. The number of rotatable bonds is 6. The second-order valence-electron chi connectivity index (χ2n) is 6.15. The van der Waals surface area contributed by atoms with Crippen LogP contribution in [0, 0.1) is 0 Å². The van der Waals surface area contributed by atoms with Gasteiger partial charge in [-0.3, -0.25) is 14.7 Å². The van der Waals surface area contributed by atoms with Gasteiger partial charge in [0.1, 0.15) is 11.7 Å². The van der Waals surface area contributed by atoms with E-state index < -0.39 is 6.04 Å². The van der Waals surface area contributed by atoms with Crippen LogP contribution in [0.4, 0.5) is 0 Å². The minimum atomic E-state index is -0.703. The number of carbonyl (C=O) groups is 2. The van der Waals surface area contributed by atoms with E-state index in [1.54, 1.807) is 13.1 Å². The van der Waals surface area contributed by atoms with Gasteiger partial charge in [-0.2, -0.15) is 5.10 Å². The maximum atomic E-state index is 12.7. The van der Waals surface area contributed by atoms with E-state index in [2.05, 4.69) is 52.7 Å². The first-order valence-corrected chi connectivity index (χ1v) is 10.1. The molecule has 2 aromatic carbocycles. The molecule has 6 nitrogen and oxygen atoms in total. The number of hydrogen-bond donors (Lipinski definition) is 3. The highest BCUT2D eigenvalue weighted by Crippen LogP contribution is 2.20. The van der Waals surface area contributed by atoms with Crippen LogP contribution in [0.5, 0.6) is 0 Å². The number of aromatic amines is 1. The molecule has 3 aromatic rings. The number of amides is 2. The molecule has 3 rings (SSSR count). The number of aromatic nitrogens is 2. The van der Waals surface area contributed by atoms with Gasteiger partial charge in [0.05, 0.1) is 5.69 Å². The minimum Gasteiger partial charge on any atom is -0.357 e. The molecule has 0 unspecified atom stereocenters. The van der Waals surface area contributed by atoms with E-state index in [-0.39, 0.29) is 11.8 Å². The van der Waals surface area contributed by atoms with Crippen LogP contribution in [0.25, 0.3) is 11.3 Å². The topological polar surface area (TPSA) is 86.9 Å². The summed E-state index contributed by atoms with van der Waals surface area (Å²) in [7, 11) is 1.55. The van der Waals surface area contributed by atoms with E-state index in [1.165, 1.54) is 0 Å². The number of likely N-dealkylation sites (N-methyl/N-ethyl adjacent to an activating group) is 1. The molecule has 0 aliphatic rings. The molecule has 3 N–H and O–H groups in total. The quantitative estimate of drug-likeness (QED) is 0.477. The van der Waals surface area contributed by atoms with Crippen LogP contribution in [0.2, 0.25) is 0 Å². The highest BCUT2D eigenvalue weighted by Gasteiger charge is 2.22. The van der Waals surface area contributed by atoms with E-state index >= 15 is 0 Å². The average molecular weight is 506 g/mol. The number of hydrogen-bond acceptors (Lipinski definition) is 3. The van der Waals surface area contributed by atoms with Crippen molar-refractivity contribution >= 4 is 43.7 Å². The van der Waals surface area contributed by atoms with Crippen molar-refractivity contribution in [1.29, 1.82) is 0 Å². The normalized spacial score (nSPS) is 11.7. The molecule has 0 saturated heterocycles. The largest absolute Gasteiger partial charge is 0.357 e. The van der Waals surface area contributed by atoms with Crippen molar-refractivity contribution in [3.8, 4) is 11.3 Å². The summed E-state index contributed by atoms with van der Waals surface area (Å²) >= 11 is 6.81. The van der Waals surface area contributed by atoms with Crippen LogP contribution in [0.1, 0.15) is 16.1 Å². The Morgan fingerprint density at radius 3 is 2.50 bits per heavy atom. The molecule has 8 heteroatoms. The number of benzene rings is 2. The Morgan fingerprint density at radius 2 is 1.82 bits per heavy atom. The number of nitrogens with zero attached hydrogens (tertiary/aromatic N) is 1. The molecule has 144 valence electrons. The third-order valence-electron chi connectivity index (χ3n) is 4.16. The van der Waals surface area contributed by atoms with Crippen molar-refractivity contribution in [2.24, 2.45) is 0 Å². The second-order valence-corrected chi connectivity index (χ2v) is 7.98. The van der Waals surface area contributed by atoms with E-state index in [0.29, 0.717) is 17.8 Å². The zero-order valence-corrected chi connectivity index (χ0v) is 18.2. The summed E-state index contributed by atoms with van der Waals surface area (Å²) < 4.78 is 1.88. The molecule has 2 amide bonds. The Morgan fingerprint density at radius 1 is 1.07 bits per heavy atom. The molecule has 1 heterocycles. The smallest absolute Gasteiger partial charge is 0.269 e. The van der Waals surface area contributed by atoms with Gasteiger partial charge in [-0.1, -0.05) is 56.1 Å². The molecule has 0 aliphatic carbocycles. The van der Waals surface area contributed by atoms with Gasteiger partial charge in [-0.05, 0) is 35.9 Å². The maximum Gasteiger partial charge on any atom is 0.269 e. The van der Waals surface area contributed by atoms with Gasteiger partial charge in [0.15, 0.2) is 0 Å².